The van der Waals surface area contributed by atoms with Gasteiger partial charge >= 0.3 is 0 Å². The van der Waals surface area contributed by atoms with Gasteiger partial charge in [-0.3, -0.25) is 0 Å². The number of rotatable bonds is 1. The van der Waals surface area contributed by atoms with E-state index < -0.39 is 11.6 Å². The Morgan fingerprint density at radius 2 is 1.69 bits per heavy atom. The third kappa shape index (κ3) is 2.21. The highest BCUT2D eigenvalue weighted by Gasteiger charge is 2.55. The summed E-state index contributed by atoms with van der Waals surface area (Å²) < 4.78 is 37.7. The quantitative estimate of drug-likeness (QED) is 0.376. The van der Waals surface area contributed by atoms with Crippen LogP contribution >= 0.6 is 24.0 Å². The van der Waals surface area contributed by atoms with Crippen LogP contribution in [0.3, 0.4) is 0 Å². The largest absolute Gasteiger partial charge is 0.360 e. The molecule has 1 fully saturated rings. The standard InChI is InChI=1S/C20H19F2N2O.HI/c1-19-6-7-20(2,25-19)14-10-18-17(9-13(14)19)23(3)11-24(18)16-5-4-12(21)8-15(16)22;/h4-5,8-11H,6-7H2,1-3H3;1H/q+1;. The summed E-state index contributed by atoms with van der Waals surface area (Å²) in [6.07, 6.45) is 3.84. The molecular formula is C20H20F2IN2O+. The maximum Gasteiger partial charge on any atom is 0.249 e. The van der Waals surface area contributed by atoms with Gasteiger partial charge in [0.1, 0.15) is 5.82 Å². The Morgan fingerprint density at radius 1 is 1.04 bits per heavy atom. The summed E-state index contributed by atoms with van der Waals surface area (Å²) >= 11 is 0. The maximum atomic E-state index is 14.3. The first-order valence-electron chi connectivity index (χ1n) is 8.52. The Hall–Kier alpha value is -1.54. The molecule has 3 aromatic rings. The van der Waals surface area contributed by atoms with Crippen LogP contribution in [0.4, 0.5) is 8.78 Å². The van der Waals surface area contributed by atoms with Crippen LogP contribution in [-0.4, -0.2) is 4.57 Å². The molecule has 1 aromatic heterocycles. The van der Waals surface area contributed by atoms with Gasteiger partial charge in [-0.1, -0.05) is 0 Å². The first-order chi connectivity index (χ1) is 11.8. The van der Waals surface area contributed by atoms with Crippen LogP contribution in [0.25, 0.3) is 16.7 Å². The van der Waals surface area contributed by atoms with Gasteiger partial charge in [-0.15, -0.1) is 24.0 Å². The Bertz CT molecular complexity index is 1060. The molecule has 3 heterocycles. The van der Waals surface area contributed by atoms with Crippen molar-refractivity contribution < 1.29 is 18.1 Å². The molecule has 2 atom stereocenters. The van der Waals surface area contributed by atoms with E-state index in [-0.39, 0.29) is 35.2 Å². The Kier molecular flexibility index (Phi) is 3.76. The molecule has 2 aliphatic rings. The molecule has 3 nitrogen and oxygen atoms in total. The van der Waals surface area contributed by atoms with Crippen LogP contribution in [0.1, 0.15) is 37.8 Å². The monoisotopic (exact) mass is 469 g/mol. The lowest BCUT2D eigenvalue weighted by molar-refractivity contribution is -0.645. The van der Waals surface area contributed by atoms with Crippen molar-refractivity contribution in [1.29, 1.82) is 0 Å². The van der Waals surface area contributed by atoms with Crippen molar-refractivity contribution in [3.05, 3.63) is 59.4 Å². The first-order valence-corrected chi connectivity index (χ1v) is 8.52. The van der Waals surface area contributed by atoms with Gasteiger partial charge in [0, 0.05) is 6.07 Å². The van der Waals surface area contributed by atoms with Crippen LogP contribution in [0.5, 0.6) is 0 Å². The molecule has 0 saturated carbocycles. The Labute approximate surface area is 167 Å². The van der Waals surface area contributed by atoms with Crippen molar-refractivity contribution in [2.45, 2.75) is 37.9 Å². The van der Waals surface area contributed by atoms with E-state index in [4.69, 9.17) is 4.74 Å². The van der Waals surface area contributed by atoms with Crippen molar-refractivity contribution in [1.82, 2.24) is 4.57 Å². The molecule has 0 amide bonds. The summed E-state index contributed by atoms with van der Waals surface area (Å²) in [4.78, 5) is 0. The van der Waals surface area contributed by atoms with Crippen molar-refractivity contribution in [3.8, 4) is 5.69 Å². The molecule has 1 saturated heterocycles. The fourth-order valence-electron chi connectivity index (χ4n) is 4.55. The summed E-state index contributed by atoms with van der Waals surface area (Å²) in [6.45, 7) is 4.27. The van der Waals surface area contributed by atoms with Gasteiger partial charge < -0.3 is 4.74 Å². The van der Waals surface area contributed by atoms with Gasteiger partial charge in [-0.25, -0.2) is 13.3 Å². The van der Waals surface area contributed by atoms with Gasteiger partial charge in [-0.05, 0) is 62.1 Å². The summed E-state index contributed by atoms with van der Waals surface area (Å²) in [7, 11) is 1.94. The van der Waals surface area contributed by atoms with Crippen LogP contribution in [0.2, 0.25) is 0 Å². The summed E-state index contributed by atoms with van der Waals surface area (Å²) in [5.41, 5.74) is 4.11. The minimum atomic E-state index is -0.575. The number of benzene rings is 2. The van der Waals surface area contributed by atoms with E-state index in [9.17, 15) is 8.78 Å². The zero-order chi connectivity index (χ0) is 17.6. The summed E-state index contributed by atoms with van der Waals surface area (Å²) in [6, 6.07) is 7.95. The van der Waals surface area contributed by atoms with E-state index in [1.165, 1.54) is 23.3 Å². The van der Waals surface area contributed by atoms with E-state index in [0.717, 1.165) is 29.9 Å². The average molecular weight is 469 g/mol. The predicted molar refractivity (Wildman–Crippen MR) is 105 cm³/mol. The van der Waals surface area contributed by atoms with Gasteiger partial charge in [0.25, 0.3) is 0 Å². The van der Waals surface area contributed by atoms with Crippen LogP contribution in [0, 0.1) is 11.6 Å². The number of halogens is 3. The molecule has 5 rings (SSSR count). The Balaban J connectivity index is 0.00000168. The molecule has 2 aliphatic heterocycles. The lowest BCUT2D eigenvalue weighted by Gasteiger charge is -2.22. The second-order valence-electron chi connectivity index (χ2n) is 7.64. The SMILES string of the molecule is C[n+]1cn(-c2ccc(F)cc2F)c2cc3c(cc21)C1(C)CCC3(C)O1.I. The molecule has 2 unspecified atom stereocenters. The van der Waals surface area contributed by atoms with Crippen LogP contribution < -0.4 is 4.57 Å². The van der Waals surface area contributed by atoms with E-state index >= 15 is 0 Å². The van der Waals surface area contributed by atoms with E-state index in [2.05, 4.69) is 26.0 Å². The van der Waals surface area contributed by atoms with Crippen molar-refractivity contribution in [2.75, 3.05) is 0 Å². The zero-order valence-corrected chi connectivity index (χ0v) is 17.2. The van der Waals surface area contributed by atoms with Gasteiger partial charge in [0.05, 0.1) is 18.2 Å². The molecule has 0 aliphatic carbocycles. The highest BCUT2D eigenvalue weighted by Crippen LogP contribution is 2.58. The molecule has 2 aromatic carbocycles. The van der Waals surface area contributed by atoms with Crippen LogP contribution in [-0.2, 0) is 23.0 Å². The van der Waals surface area contributed by atoms with E-state index in [1.54, 1.807) is 4.57 Å². The average Bonchev–Trinajstić information content (AvgIpc) is 3.12. The van der Waals surface area contributed by atoms with Crippen molar-refractivity contribution in [2.24, 2.45) is 7.05 Å². The number of hydrogen-bond acceptors (Lipinski definition) is 1. The lowest BCUT2D eigenvalue weighted by atomic mass is 9.78. The Morgan fingerprint density at radius 3 is 2.35 bits per heavy atom. The molecule has 0 N–H and O–H groups in total. The van der Waals surface area contributed by atoms with Crippen molar-refractivity contribution in [3.63, 3.8) is 0 Å². The molecule has 6 heteroatoms. The first kappa shape index (κ1) is 17.9. The number of aryl methyl sites for hydroxylation is 1. The normalized spacial score (nSPS) is 26.2. The van der Waals surface area contributed by atoms with E-state index in [0.29, 0.717) is 5.69 Å². The smallest absolute Gasteiger partial charge is 0.249 e. The summed E-state index contributed by atoms with van der Waals surface area (Å²) in [5, 5.41) is 0. The number of nitrogens with zero attached hydrogens (tertiary/aromatic N) is 2. The fourth-order valence-corrected chi connectivity index (χ4v) is 4.55. The highest BCUT2D eigenvalue weighted by molar-refractivity contribution is 14.0. The number of ether oxygens (including phenoxy) is 1. The molecular weight excluding hydrogens is 449 g/mol. The lowest BCUT2D eigenvalue weighted by Crippen LogP contribution is -2.26. The van der Waals surface area contributed by atoms with Crippen molar-refractivity contribution >= 4 is 35.0 Å². The molecule has 0 spiro atoms. The summed E-state index contributed by atoms with van der Waals surface area (Å²) in [5.74, 6) is -1.15. The number of aromatic nitrogens is 2. The predicted octanol–water partition coefficient (Wildman–Crippen LogP) is 4.61. The second-order valence-corrected chi connectivity index (χ2v) is 7.64. The minimum absolute atomic E-state index is 0. The van der Waals surface area contributed by atoms with Gasteiger partial charge in [0.2, 0.25) is 6.33 Å². The van der Waals surface area contributed by atoms with E-state index in [1.807, 2.05) is 17.9 Å². The zero-order valence-electron chi connectivity index (χ0n) is 14.8. The third-order valence-corrected chi connectivity index (χ3v) is 5.88. The molecule has 2 bridgehead atoms. The van der Waals surface area contributed by atoms with Gasteiger partial charge in [-0.2, -0.15) is 4.57 Å². The number of hydrogen-bond donors (Lipinski definition) is 0. The fraction of sp³-hybridized carbons (Fsp3) is 0.350. The number of fused-ring (bicyclic) bond motifs is 6. The molecule has 136 valence electrons. The highest BCUT2D eigenvalue weighted by atomic mass is 127. The molecule has 26 heavy (non-hydrogen) atoms. The molecule has 0 radical (unpaired) electrons. The van der Waals surface area contributed by atoms with Gasteiger partial charge in [0.15, 0.2) is 22.5 Å². The third-order valence-electron chi connectivity index (χ3n) is 5.88. The second kappa shape index (κ2) is 5.48. The minimum Gasteiger partial charge on any atom is -0.360 e. The van der Waals surface area contributed by atoms with Crippen LogP contribution in [0.15, 0.2) is 36.7 Å². The topological polar surface area (TPSA) is 18.0 Å². The maximum absolute atomic E-state index is 14.3. The number of imidazole rings is 1.